The first-order valence-corrected chi connectivity index (χ1v) is 6.91. The molecular formula is C11H13BrN2O2S. The van der Waals surface area contributed by atoms with E-state index in [4.69, 9.17) is 0 Å². The molecule has 17 heavy (non-hydrogen) atoms. The first-order valence-electron chi connectivity index (χ1n) is 5.30. The van der Waals surface area contributed by atoms with E-state index >= 15 is 0 Å². The van der Waals surface area contributed by atoms with Crippen LogP contribution >= 0.6 is 27.3 Å². The van der Waals surface area contributed by atoms with Gasteiger partial charge in [-0.25, -0.2) is 4.79 Å². The highest BCUT2D eigenvalue weighted by atomic mass is 79.9. The molecule has 2 aromatic heterocycles. The minimum Gasteiger partial charge on any atom is -0.284 e. The number of halogens is 1. The number of aromatic nitrogens is 2. The molecule has 2 aromatic rings. The molecule has 2 heterocycles. The zero-order valence-electron chi connectivity index (χ0n) is 9.86. The van der Waals surface area contributed by atoms with Gasteiger partial charge >= 0.3 is 5.69 Å². The van der Waals surface area contributed by atoms with Gasteiger partial charge in [-0.05, 0) is 27.9 Å². The Morgan fingerprint density at radius 1 is 1.41 bits per heavy atom. The number of fused-ring (bicyclic) bond motifs is 1. The van der Waals surface area contributed by atoms with Crippen molar-refractivity contribution in [3.8, 4) is 0 Å². The summed E-state index contributed by atoms with van der Waals surface area (Å²) >= 11 is 4.79. The molecule has 92 valence electrons. The Morgan fingerprint density at radius 2 is 2.06 bits per heavy atom. The first kappa shape index (κ1) is 12.6. The van der Waals surface area contributed by atoms with Crippen LogP contribution in [-0.4, -0.2) is 9.13 Å². The van der Waals surface area contributed by atoms with E-state index in [1.165, 1.54) is 23.0 Å². The summed E-state index contributed by atoms with van der Waals surface area (Å²) in [5.41, 5.74) is -0.475. The summed E-state index contributed by atoms with van der Waals surface area (Å²) in [6.07, 6.45) is 0. The van der Waals surface area contributed by atoms with Crippen molar-refractivity contribution < 1.29 is 0 Å². The van der Waals surface area contributed by atoms with Crippen LogP contribution in [0.4, 0.5) is 0 Å². The zero-order valence-corrected chi connectivity index (χ0v) is 12.3. The maximum absolute atomic E-state index is 12.1. The molecule has 0 saturated heterocycles. The van der Waals surface area contributed by atoms with E-state index < -0.39 is 0 Å². The third-order valence-electron chi connectivity index (χ3n) is 2.53. The normalized spacial score (nSPS) is 11.6. The van der Waals surface area contributed by atoms with Gasteiger partial charge in [0.15, 0.2) is 0 Å². The van der Waals surface area contributed by atoms with Gasteiger partial charge in [0.1, 0.15) is 4.83 Å². The quantitative estimate of drug-likeness (QED) is 0.852. The van der Waals surface area contributed by atoms with Crippen molar-refractivity contribution in [3.63, 3.8) is 0 Å². The molecule has 0 radical (unpaired) electrons. The minimum absolute atomic E-state index is 0.230. The SMILES string of the molecule is CC(C)Cn1c(=O)n(C)c(=O)c2cc(Br)sc21. The molecule has 0 N–H and O–H groups in total. The average Bonchev–Trinajstić information content (AvgIpc) is 2.63. The Labute approximate surface area is 111 Å². The van der Waals surface area contributed by atoms with Crippen LogP contribution in [0.3, 0.4) is 0 Å². The predicted molar refractivity (Wildman–Crippen MR) is 73.9 cm³/mol. The highest BCUT2D eigenvalue weighted by Crippen LogP contribution is 2.26. The van der Waals surface area contributed by atoms with Gasteiger partial charge in [-0.3, -0.25) is 13.9 Å². The Bertz CT molecular complexity index is 681. The number of nitrogens with zero attached hydrogens (tertiary/aromatic N) is 2. The molecule has 0 aliphatic heterocycles. The highest BCUT2D eigenvalue weighted by molar-refractivity contribution is 9.11. The summed E-state index contributed by atoms with van der Waals surface area (Å²) in [5, 5.41) is 0.602. The molecule has 0 fully saturated rings. The Hall–Kier alpha value is -0.880. The third-order valence-corrected chi connectivity index (χ3v) is 4.19. The molecule has 0 aromatic carbocycles. The minimum atomic E-state index is -0.245. The fourth-order valence-corrected chi connectivity index (χ4v) is 3.34. The van der Waals surface area contributed by atoms with E-state index in [2.05, 4.69) is 15.9 Å². The lowest BCUT2D eigenvalue weighted by Gasteiger charge is -2.11. The molecule has 6 heteroatoms. The van der Waals surface area contributed by atoms with Crippen molar-refractivity contribution in [1.29, 1.82) is 0 Å². The maximum Gasteiger partial charge on any atom is 0.331 e. The van der Waals surface area contributed by atoms with Crippen LogP contribution in [0, 0.1) is 5.92 Å². The molecule has 0 atom stereocenters. The van der Waals surface area contributed by atoms with Crippen LogP contribution in [0.2, 0.25) is 0 Å². The standard InChI is InChI=1S/C11H13BrN2O2S/c1-6(2)5-14-10-7(4-8(12)17-10)9(15)13(3)11(14)16/h4,6H,5H2,1-3H3. The van der Waals surface area contributed by atoms with Gasteiger partial charge in [0.2, 0.25) is 0 Å². The smallest absolute Gasteiger partial charge is 0.284 e. The van der Waals surface area contributed by atoms with E-state index in [9.17, 15) is 9.59 Å². The van der Waals surface area contributed by atoms with E-state index in [0.29, 0.717) is 17.8 Å². The van der Waals surface area contributed by atoms with Gasteiger partial charge in [0, 0.05) is 13.6 Å². The maximum atomic E-state index is 12.1. The Kier molecular flexibility index (Phi) is 3.27. The summed E-state index contributed by atoms with van der Waals surface area (Å²) in [6, 6.07) is 1.78. The van der Waals surface area contributed by atoms with Crippen molar-refractivity contribution >= 4 is 37.5 Å². The van der Waals surface area contributed by atoms with E-state index in [-0.39, 0.29) is 11.2 Å². The van der Waals surface area contributed by atoms with E-state index in [0.717, 1.165) is 8.62 Å². The van der Waals surface area contributed by atoms with Crippen molar-refractivity contribution in [2.45, 2.75) is 20.4 Å². The lowest BCUT2D eigenvalue weighted by Crippen LogP contribution is -2.38. The number of thiophene rings is 1. The van der Waals surface area contributed by atoms with Gasteiger partial charge in [-0.15, -0.1) is 11.3 Å². The summed E-state index contributed by atoms with van der Waals surface area (Å²) in [6.45, 7) is 4.72. The topological polar surface area (TPSA) is 44.0 Å². The van der Waals surface area contributed by atoms with Crippen molar-refractivity contribution in [2.24, 2.45) is 13.0 Å². The molecule has 0 spiro atoms. The first-order chi connectivity index (χ1) is 7.91. The third kappa shape index (κ3) is 2.11. The average molecular weight is 317 g/mol. The second-order valence-corrected chi connectivity index (χ2v) is 6.83. The number of hydrogen-bond acceptors (Lipinski definition) is 3. The predicted octanol–water partition coefficient (Wildman–Crippen LogP) is 2.18. The van der Waals surface area contributed by atoms with Gasteiger partial charge in [-0.1, -0.05) is 13.8 Å². The molecule has 0 aliphatic carbocycles. The van der Waals surface area contributed by atoms with Crippen LogP contribution in [0.25, 0.3) is 10.2 Å². The zero-order chi connectivity index (χ0) is 12.7. The fraction of sp³-hybridized carbons (Fsp3) is 0.455. The fourth-order valence-electron chi connectivity index (χ4n) is 1.77. The number of hydrogen-bond donors (Lipinski definition) is 0. The summed E-state index contributed by atoms with van der Waals surface area (Å²) < 4.78 is 3.72. The van der Waals surface area contributed by atoms with Crippen LogP contribution in [0.5, 0.6) is 0 Å². The summed E-state index contributed by atoms with van der Waals surface area (Å²) in [7, 11) is 1.52. The van der Waals surface area contributed by atoms with Gasteiger partial charge in [0.25, 0.3) is 5.56 Å². The van der Waals surface area contributed by atoms with Crippen LogP contribution in [-0.2, 0) is 13.6 Å². The molecule has 0 bridgehead atoms. The molecular weight excluding hydrogens is 304 g/mol. The van der Waals surface area contributed by atoms with Gasteiger partial charge in [0.05, 0.1) is 9.17 Å². The molecule has 0 unspecified atom stereocenters. The lowest BCUT2D eigenvalue weighted by atomic mass is 10.2. The van der Waals surface area contributed by atoms with Gasteiger partial charge < -0.3 is 0 Å². The second-order valence-electron chi connectivity index (χ2n) is 4.42. The Morgan fingerprint density at radius 3 is 2.65 bits per heavy atom. The summed E-state index contributed by atoms with van der Waals surface area (Å²) in [5.74, 6) is 0.356. The van der Waals surface area contributed by atoms with Crippen molar-refractivity contribution in [3.05, 3.63) is 30.7 Å². The van der Waals surface area contributed by atoms with Crippen molar-refractivity contribution in [1.82, 2.24) is 9.13 Å². The second kappa shape index (κ2) is 4.42. The van der Waals surface area contributed by atoms with Crippen molar-refractivity contribution in [2.75, 3.05) is 0 Å². The number of rotatable bonds is 2. The lowest BCUT2D eigenvalue weighted by molar-refractivity contribution is 0.504. The monoisotopic (exact) mass is 316 g/mol. The largest absolute Gasteiger partial charge is 0.331 e. The van der Waals surface area contributed by atoms with Crippen LogP contribution in [0.15, 0.2) is 19.4 Å². The molecule has 0 amide bonds. The molecule has 2 rings (SSSR count). The van der Waals surface area contributed by atoms with E-state index in [1.807, 2.05) is 13.8 Å². The molecule has 0 aliphatic rings. The summed E-state index contributed by atoms with van der Waals surface area (Å²) in [4.78, 5) is 24.8. The van der Waals surface area contributed by atoms with Gasteiger partial charge in [-0.2, -0.15) is 0 Å². The van der Waals surface area contributed by atoms with Crippen LogP contribution in [0.1, 0.15) is 13.8 Å². The molecule has 0 saturated carbocycles. The molecule has 4 nitrogen and oxygen atoms in total. The van der Waals surface area contributed by atoms with Crippen LogP contribution < -0.4 is 11.2 Å². The highest BCUT2D eigenvalue weighted by Gasteiger charge is 2.14. The van der Waals surface area contributed by atoms with E-state index in [1.54, 1.807) is 10.6 Å². The Balaban J connectivity index is 2.90.